The number of urea groups is 1. The van der Waals surface area contributed by atoms with Crippen molar-refractivity contribution in [3.8, 4) is 0 Å². The summed E-state index contributed by atoms with van der Waals surface area (Å²) in [6.45, 7) is 0. The molecule has 2 aromatic rings. The van der Waals surface area contributed by atoms with E-state index in [-0.39, 0.29) is 6.42 Å². The quantitative estimate of drug-likeness (QED) is 0.691. The van der Waals surface area contributed by atoms with Gasteiger partial charge in [-0.25, -0.2) is 4.79 Å². The number of fused-ring (bicyclic) bond motifs is 1. The Kier molecular flexibility index (Phi) is 2.56. The number of hydrogen-bond donors (Lipinski definition) is 3. The number of para-hydroxylation sites is 1. The number of aromatic amines is 1. The fourth-order valence-corrected chi connectivity index (χ4v) is 2.25. The molecule has 19 heavy (non-hydrogen) atoms. The van der Waals surface area contributed by atoms with E-state index in [0.29, 0.717) is 0 Å². The smallest absolute Gasteiger partial charge is 0.328 e. The van der Waals surface area contributed by atoms with E-state index in [1.54, 1.807) is 6.20 Å². The number of H-pyrrole nitrogens is 1. The lowest BCUT2D eigenvalue weighted by Gasteiger charge is -2.20. The van der Waals surface area contributed by atoms with E-state index in [1.165, 1.54) is 0 Å². The molecule has 0 atom stereocenters. The lowest BCUT2D eigenvalue weighted by atomic mass is 9.96. The second-order valence-electron chi connectivity index (χ2n) is 4.42. The summed E-state index contributed by atoms with van der Waals surface area (Å²) in [6.07, 6.45) is 2.04. The molecule has 0 bridgehead atoms. The summed E-state index contributed by atoms with van der Waals surface area (Å²) in [5.41, 5.74) is 1.82. The predicted octanol–water partition coefficient (Wildman–Crippen LogP) is 0.693. The van der Waals surface area contributed by atoms with Gasteiger partial charge in [-0.2, -0.15) is 0 Å². The maximum Gasteiger partial charge on any atom is 0.328 e. The first kappa shape index (κ1) is 11.5. The van der Waals surface area contributed by atoms with Crippen LogP contribution >= 0.6 is 0 Å². The number of carbonyl (C=O) groups excluding carboxylic acids is 3. The molecule has 2 heterocycles. The van der Waals surface area contributed by atoms with E-state index >= 15 is 0 Å². The van der Waals surface area contributed by atoms with E-state index in [0.717, 1.165) is 16.5 Å². The third kappa shape index (κ3) is 1.97. The number of barbiturate groups is 1. The van der Waals surface area contributed by atoms with E-state index in [1.807, 2.05) is 24.3 Å². The third-order valence-corrected chi connectivity index (χ3v) is 3.21. The van der Waals surface area contributed by atoms with Crippen molar-refractivity contribution in [2.45, 2.75) is 6.42 Å². The molecule has 1 aromatic heterocycles. The Balaban J connectivity index is 1.90. The topological polar surface area (TPSA) is 91.1 Å². The normalized spacial score (nSPS) is 16.5. The Labute approximate surface area is 108 Å². The summed E-state index contributed by atoms with van der Waals surface area (Å²) in [5, 5.41) is 5.17. The summed E-state index contributed by atoms with van der Waals surface area (Å²) in [4.78, 5) is 37.4. The molecular formula is C13H11N3O3. The van der Waals surface area contributed by atoms with Gasteiger partial charge in [-0.3, -0.25) is 20.2 Å². The van der Waals surface area contributed by atoms with Gasteiger partial charge in [-0.1, -0.05) is 18.2 Å². The van der Waals surface area contributed by atoms with E-state index in [9.17, 15) is 14.4 Å². The number of nitrogens with one attached hydrogen (secondary N) is 3. The largest absolute Gasteiger partial charge is 0.361 e. The highest BCUT2D eigenvalue weighted by atomic mass is 16.2. The number of aromatic nitrogens is 1. The van der Waals surface area contributed by atoms with Gasteiger partial charge in [0.05, 0.1) is 0 Å². The van der Waals surface area contributed by atoms with Crippen molar-refractivity contribution in [2.75, 3.05) is 0 Å². The average molecular weight is 257 g/mol. The third-order valence-electron chi connectivity index (χ3n) is 3.21. The first-order valence-corrected chi connectivity index (χ1v) is 5.86. The molecular weight excluding hydrogens is 246 g/mol. The summed E-state index contributed by atoms with van der Waals surface area (Å²) in [7, 11) is 0. The van der Waals surface area contributed by atoms with Crippen molar-refractivity contribution in [2.24, 2.45) is 5.92 Å². The highest BCUT2D eigenvalue weighted by molar-refractivity contribution is 6.16. The molecule has 3 rings (SSSR count). The zero-order valence-corrected chi connectivity index (χ0v) is 9.90. The number of amides is 4. The maximum atomic E-state index is 11.7. The molecule has 0 unspecified atom stereocenters. The lowest BCUT2D eigenvalue weighted by molar-refractivity contribution is -0.135. The van der Waals surface area contributed by atoms with Gasteiger partial charge in [0.25, 0.3) is 0 Å². The van der Waals surface area contributed by atoms with Gasteiger partial charge >= 0.3 is 6.03 Å². The Morgan fingerprint density at radius 3 is 2.42 bits per heavy atom. The molecule has 6 heteroatoms. The number of hydrogen-bond acceptors (Lipinski definition) is 3. The van der Waals surface area contributed by atoms with Crippen LogP contribution in [0.3, 0.4) is 0 Å². The van der Waals surface area contributed by atoms with Crippen LogP contribution in [0.2, 0.25) is 0 Å². The Morgan fingerprint density at radius 2 is 1.68 bits per heavy atom. The molecule has 0 radical (unpaired) electrons. The molecule has 1 aliphatic heterocycles. The molecule has 0 spiro atoms. The van der Waals surface area contributed by atoms with Crippen molar-refractivity contribution in [1.29, 1.82) is 0 Å². The Bertz CT molecular complexity index is 669. The van der Waals surface area contributed by atoms with Crippen molar-refractivity contribution in [1.82, 2.24) is 15.6 Å². The summed E-state index contributed by atoms with van der Waals surface area (Å²) < 4.78 is 0. The second kappa shape index (κ2) is 4.24. The first-order chi connectivity index (χ1) is 9.15. The van der Waals surface area contributed by atoms with Crippen LogP contribution in [0.15, 0.2) is 30.5 Å². The minimum absolute atomic E-state index is 0.259. The number of benzene rings is 1. The molecule has 1 fully saturated rings. The van der Waals surface area contributed by atoms with Crippen molar-refractivity contribution in [3.63, 3.8) is 0 Å². The SMILES string of the molecule is O=C1NC(=O)C(Cc2c[nH]c3ccccc23)C(=O)N1. The molecule has 0 aliphatic carbocycles. The fourth-order valence-electron chi connectivity index (χ4n) is 2.25. The predicted molar refractivity (Wildman–Crippen MR) is 67.2 cm³/mol. The summed E-state index contributed by atoms with van der Waals surface area (Å²) in [6, 6.07) is 6.88. The highest BCUT2D eigenvalue weighted by Gasteiger charge is 2.34. The van der Waals surface area contributed by atoms with Gasteiger partial charge in [0.15, 0.2) is 0 Å². The van der Waals surface area contributed by atoms with Crippen LogP contribution in [0.5, 0.6) is 0 Å². The molecule has 6 nitrogen and oxygen atoms in total. The molecule has 4 amide bonds. The van der Waals surface area contributed by atoms with Gasteiger partial charge in [0.2, 0.25) is 11.8 Å². The Hall–Kier alpha value is -2.63. The average Bonchev–Trinajstić information content (AvgIpc) is 2.77. The number of imide groups is 2. The van der Waals surface area contributed by atoms with Gasteiger partial charge in [-0.05, 0) is 18.1 Å². The van der Waals surface area contributed by atoms with Gasteiger partial charge in [-0.15, -0.1) is 0 Å². The van der Waals surface area contributed by atoms with Crippen LogP contribution in [0.25, 0.3) is 10.9 Å². The molecule has 1 aromatic carbocycles. The maximum absolute atomic E-state index is 11.7. The minimum Gasteiger partial charge on any atom is -0.361 e. The van der Waals surface area contributed by atoms with Crippen molar-refractivity contribution in [3.05, 3.63) is 36.0 Å². The molecule has 1 saturated heterocycles. The highest BCUT2D eigenvalue weighted by Crippen LogP contribution is 2.21. The van der Waals surface area contributed by atoms with E-state index < -0.39 is 23.8 Å². The summed E-state index contributed by atoms with van der Waals surface area (Å²) >= 11 is 0. The molecule has 0 saturated carbocycles. The lowest BCUT2D eigenvalue weighted by Crippen LogP contribution is -2.56. The van der Waals surface area contributed by atoms with Crippen LogP contribution < -0.4 is 10.6 Å². The zero-order chi connectivity index (χ0) is 13.4. The molecule has 96 valence electrons. The first-order valence-electron chi connectivity index (χ1n) is 5.86. The monoisotopic (exact) mass is 257 g/mol. The van der Waals surface area contributed by atoms with Crippen LogP contribution in [0, 0.1) is 5.92 Å². The van der Waals surface area contributed by atoms with Crippen molar-refractivity contribution >= 4 is 28.7 Å². The van der Waals surface area contributed by atoms with Gasteiger partial charge in [0.1, 0.15) is 5.92 Å². The number of carbonyl (C=O) groups is 3. The van der Waals surface area contributed by atoms with Crippen LogP contribution in [0.1, 0.15) is 5.56 Å². The molecule has 1 aliphatic rings. The van der Waals surface area contributed by atoms with Crippen molar-refractivity contribution < 1.29 is 14.4 Å². The van der Waals surface area contributed by atoms with Gasteiger partial charge in [0, 0.05) is 17.1 Å². The molecule has 3 N–H and O–H groups in total. The fraction of sp³-hybridized carbons (Fsp3) is 0.154. The van der Waals surface area contributed by atoms with Gasteiger partial charge < -0.3 is 4.98 Å². The number of rotatable bonds is 2. The zero-order valence-electron chi connectivity index (χ0n) is 9.90. The Morgan fingerprint density at radius 1 is 1.00 bits per heavy atom. The van der Waals surface area contributed by atoms with E-state index in [2.05, 4.69) is 15.6 Å². The van der Waals surface area contributed by atoms with E-state index in [4.69, 9.17) is 0 Å². The second-order valence-corrected chi connectivity index (χ2v) is 4.42. The summed E-state index contributed by atoms with van der Waals surface area (Å²) in [5.74, 6) is -1.99. The van der Waals surface area contributed by atoms with Crippen LogP contribution in [-0.4, -0.2) is 22.8 Å². The standard InChI is InChI=1S/C13H11N3O3/c17-11-9(12(18)16-13(19)15-11)5-7-6-14-10-4-2-1-3-8(7)10/h1-4,6,9,14H,5H2,(H2,15,16,17,18,19). The van der Waals surface area contributed by atoms with Crippen LogP contribution in [0.4, 0.5) is 4.79 Å². The van der Waals surface area contributed by atoms with Crippen LogP contribution in [-0.2, 0) is 16.0 Å². The minimum atomic E-state index is -0.878.